The predicted molar refractivity (Wildman–Crippen MR) is 162 cm³/mol. The summed E-state index contributed by atoms with van der Waals surface area (Å²) in [6, 6.07) is 7.00. The molecule has 1 aliphatic rings. The van der Waals surface area contributed by atoms with Gasteiger partial charge in [-0.25, -0.2) is 4.79 Å². The average Bonchev–Trinajstić information content (AvgIpc) is 3.39. The number of anilines is 3. The third kappa shape index (κ3) is 7.20. The lowest BCUT2D eigenvalue weighted by Gasteiger charge is -2.18. The number of hydrogen-bond acceptors (Lipinski definition) is 4. The van der Waals surface area contributed by atoms with Crippen molar-refractivity contribution in [3.63, 3.8) is 0 Å². The van der Waals surface area contributed by atoms with Crippen LogP contribution in [-0.4, -0.2) is 53.9 Å². The van der Waals surface area contributed by atoms with Gasteiger partial charge in [-0.3, -0.25) is 9.59 Å². The Labute approximate surface area is 251 Å². The molecular formula is C30H32ClF3N6O3. The van der Waals surface area contributed by atoms with Gasteiger partial charge in [0.25, 0.3) is 11.8 Å². The number of carbonyl (C=O) groups excluding carboxylic acids is 3. The summed E-state index contributed by atoms with van der Waals surface area (Å²) in [4.78, 5) is 43.7. The highest BCUT2D eigenvalue weighted by molar-refractivity contribution is 6.35. The van der Waals surface area contributed by atoms with E-state index in [-0.39, 0.29) is 17.5 Å². The van der Waals surface area contributed by atoms with E-state index in [0.29, 0.717) is 51.6 Å². The molecule has 0 saturated heterocycles. The van der Waals surface area contributed by atoms with Gasteiger partial charge >= 0.3 is 12.2 Å². The smallest absolute Gasteiger partial charge is 0.358 e. The molecule has 2 heterocycles. The Balaban J connectivity index is 1.46. The Morgan fingerprint density at radius 3 is 2.30 bits per heavy atom. The summed E-state index contributed by atoms with van der Waals surface area (Å²) in [5, 5.41) is 10.2. The molecule has 4 amide bonds. The quantitative estimate of drug-likeness (QED) is 0.176. The Morgan fingerprint density at radius 2 is 1.67 bits per heavy atom. The maximum absolute atomic E-state index is 12.9. The highest BCUT2D eigenvalue weighted by Crippen LogP contribution is 2.37. The monoisotopic (exact) mass is 616 g/mol. The molecule has 13 heteroatoms. The van der Waals surface area contributed by atoms with Crippen LogP contribution in [0.5, 0.6) is 0 Å². The number of rotatable bonds is 9. The van der Waals surface area contributed by atoms with E-state index in [1.54, 1.807) is 31.2 Å². The minimum Gasteiger partial charge on any atom is -0.358 e. The topological polar surface area (TPSA) is 118 Å². The summed E-state index contributed by atoms with van der Waals surface area (Å²) in [5.74, 6) is -0.542. The number of hydrogen-bond donors (Lipinski definition) is 5. The fourth-order valence-corrected chi connectivity index (χ4v) is 5.18. The number of halogens is 4. The fraction of sp³-hybridized carbons (Fsp3) is 0.300. The van der Waals surface area contributed by atoms with E-state index >= 15 is 0 Å². The first-order valence-electron chi connectivity index (χ1n) is 13.6. The molecule has 43 heavy (non-hydrogen) atoms. The minimum atomic E-state index is -4.61. The van der Waals surface area contributed by atoms with E-state index in [0.717, 1.165) is 37.8 Å². The van der Waals surface area contributed by atoms with Gasteiger partial charge in [-0.05, 0) is 68.9 Å². The third-order valence-electron chi connectivity index (χ3n) is 7.19. The van der Waals surface area contributed by atoms with Crippen LogP contribution >= 0.6 is 11.6 Å². The molecule has 9 nitrogen and oxygen atoms in total. The molecule has 0 bridgehead atoms. The number of nitrogens with zero attached hydrogens (tertiary/aromatic N) is 1. The third-order valence-corrected chi connectivity index (χ3v) is 7.51. The Morgan fingerprint density at radius 1 is 1.02 bits per heavy atom. The number of carbonyl (C=O) groups is 3. The van der Waals surface area contributed by atoms with Crippen molar-refractivity contribution in [1.29, 1.82) is 0 Å². The minimum absolute atomic E-state index is 0.0729. The van der Waals surface area contributed by atoms with Gasteiger partial charge in [0.15, 0.2) is 0 Å². The number of likely N-dealkylation sites (N-methyl/N-ethyl adjacent to an activating group) is 1. The van der Waals surface area contributed by atoms with Gasteiger partial charge in [-0.1, -0.05) is 31.5 Å². The lowest BCUT2D eigenvalue weighted by atomic mass is 10.0. The van der Waals surface area contributed by atoms with E-state index in [1.807, 2.05) is 6.92 Å². The maximum atomic E-state index is 12.9. The standard InChI is InChI=1S/C30H32ClF3N6O3/c1-5-40(6-2)12-11-35-28(42)26-16(3)24(36-17(26)4)15-21-20-9-7-19(14-25(20)39-27(21)41)38-29(43)37-18-8-10-22(23(31)13-18)30(32,33)34/h7-10,13-15,36H,5-6,11-12H2,1-4H3,(H,35,42)(H,39,41)(H2,37,38,43). The molecule has 3 aromatic rings. The number of amides is 4. The van der Waals surface area contributed by atoms with Gasteiger partial charge < -0.3 is 31.2 Å². The lowest BCUT2D eigenvalue weighted by molar-refractivity contribution is -0.137. The van der Waals surface area contributed by atoms with Crippen molar-refractivity contribution in [2.45, 2.75) is 33.9 Å². The zero-order valence-electron chi connectivity index (χ0n) is 24.1. The average molecular weight is 617 g/mol. The number of fused-ring (bicyclic) bond motifs is 1. The summed E-state index contributed by atoms with van der Waals surface area (Å²) in [7, 11) is 0. The molecule has 4 rings (SSSR count). The number of alkyl halides is 3. The second kappa shape index (κ2) is 12.9. The molecule has 0 fully saturated rings. The van der Waals surface area contributed by atoms with E-state index in [9.17, 15) is 27.6 Å². The van der Waals surface area contributed by atoms with E-state index in [1.165, 1.54) is 0 Å². The zero-order chi connectivity index (χ0) is 31.5. The van der Waals surface area contributed by atoms with Crippen molar-refractivity contribution in [1.82, 2.24) is 15.2 Å². The predicted octanol–water partition coefficient (Wildman–Crippen LogP) is 6.51. The van der Waals surface area contributed by atoms with Crippen molar-refractivity contribution < 1.29 is 27.6 Å². The highest BCUT2D eigenvalue weighted by Gasteiger charge is 2.33. The number of nitrogens with one attached hydrogen (secondary N) is 5. The molecule has 228 valence electrons. The van der Waals surface area contributed by atoms with E-state index in [2.05, 4.69) is 45.0 Å². The Bertz CT molecular complexity index is 1590. The number of urea groups is 1. The SMILES string of the molecule is CCN(CC)CCNC(=O)c1c(C)[nH]c(C=C2C(=O)Nc3cc(NC(=O)Nc4ccc(C(F)(F)F)c(Cl)c4)ccc32)c1C. The summed E-state index contributed by atoms with van der Waals surface area (Å²) < 4.78 is 38.8. The molecule has 0 saturated carbocycles. The molecule has 5 N–H and O–H groups in total. The van der Waals surface area contributed by atoms with Gasteiger partial charge in [0.2, 0.25) is 0 Å². The fourth-order valence-electron chi connectivity index (χ4n) is 4.89. The van der Waals surface area contributed by atoms with E-state index < -0.39 is 22.8 Å². The number of aromatic nitrogens is 1. The summed E-state index contributed by atoms with van der Waals surface area (Å²) in [5.41, 5.74) is 3.40. The molecule has 1 aliphatic heterocycles. The molecule has 0 aliphatic carbocycles. The number of aromatic amines is 1. The van der Waals surface area contributed by atoms with Crippen molar-refractivity contribution >= 4 is 58.2 Å². The van der Waals surface area contributed by atoms with Crippen molar-refractivity contribution in [3.8, 4) is 0 Å². The van der Waals surface area contributed by atoms with Gasteiger partial charge in [-0.2, -0.15) is 13.2 Å². The molecular weight excluding hydrogens is 585 g/mol. The van der Waals surface area contributed by atoms with Gasteiger partial charge in [0.05, 0.1) is 27.4 Å². The summed E-state index contributed by atoms with van der Waals surface area (Å²) >= 11 is 5.72. The van der Waals surface area contributed by atoms with Crippen LogP contribution < -0.4 is 21.3 Å². The number of aryl methyl sites for hydroxylation is 1. The van der Waals surface area contributed by atoms with Crippen LogP contribution in [0.3, 0.4) is 0 Å². The van der Waals surface area contributed by atoms with Crippen LogP contribution in [0.25, 0.3) is 11.6 Å². The van der Waals surface area contributed by atoms with Crippen LogP contribution in [0.1, 0.15) is 52.3 Å². The van der Waals surface area contributed by atoms with Crippen LogP contribution in [0.2, 0.25) is 5.02 Å². The summed E-state index contributed by atoms with van der Waals surface area (Å²) in [6.07, 6.45) is -2.93. The second-order valence-corrected chi connectivity index (χ2v) is 10.4. The first kappa shape index (κ1) is 31.6. The van der Waals surface area contributed by atoms with Crippen LogP contribution in [-0.2, 0) is 11.0 Å². The van der Waals surface area contributed by atoms with E-state index in [4.69, 9.17) is 11.6 Å². The summed E-state index contributed by atoms with van der Waals surface area (Å²) in [6.45, 7) is 10.8. The molecule has 2 aromatic carbocycles. The van der Waals surface area contributed by atoms with Crippen LogP contribution in [0, 0.1) is 13.8 Å². The van der Waals surface area contributed by atoms with Gasteiger partial charge in [-0.15, -0.1) is 0 Å². The maximum Gasteiger partial charge on any atom is 0.417 e. The van der Waals surface area contributed by atoms with Crippen LogP contribution in [0.4, 0.5) is 35.0 Å². The Hall–Kier alpha value is -4.29. The molecule has 0 radical (unpaired) electrons. The van der Waals surface area contributed by atoms with Crippen molar-refractivity contribution in [2.75, 3.05) is 42.1 Å². The largest absolute Gasteiger partial charge is 0.417 e. The number of H-pyrrole nitrogens is 1. The van der Waals surface area contributed by atoms with Crippen molar-refractivity contribution in [2.24, 2.45) is 0 Å². The van der Waals surface area contributed by atoms with Gasteiger partial charge in [0, 0.05) is 41.4 Å². The second-order valence-electron chi connectivity index (χ2n) is 9.99. The Kier molecular flexibility index (Phi) is 9.51. The molecule has 0 atom stereocenters. The normalized spacial score (nSPS) is 13.7. The molecule has 0 unspecified atom stereocenters. The highest BCUT2D eigenvalue weighted by atomic mass is 35.5. The first-order chi connectivity index (χ1) is 20.3. The lowest BCUT2D eigenvalue weighted by Crippen LogP contribution is -2.35. The molecule has 1 aromatic heterocycles. The number of benzene rings is 2. The van der Waals surface area contributed by atoms with Crippen LogP contribution in [0.15, 0.2) is 36.4 Å². The molecule has 0 spiro atoms. The zero-order valence-corrected chi connectivity index (χ0v) is 24.8. The van der Waals surface area contributed by atoms with Gasteiger partial charge in [0.1, 0.15) is 0 Å². The van der Waals surface area contributed by atoms with Crippen molar-refractivity contribution in [3.05, 3.63) is 75.1 Å². The first-order valence-corrected chi connectivity index (χ1v) is 14.0.